The monoisotopic (exact) mass is 279 g/mol. The van der Waals surface area contributed by atoms with Gasteiger partial charge in [-0.25, -0.2) is 4.79 Å². The molecule has 1 unspecified atom stereocenters. The van der Waals surface area contributed by atoms with Crippen LogP contribution in [0.25, 0.3) is 0 Å². The van der Waals surface area contributed by atoms with Crippen molar-refractivity contribution in [1.82, 2.24) is 5.32 Å². The van der Waals surface area contributed by atoms with E-state index >= 15 is 0 Å². The molecule has 0 saturated carbocycles. The van der Waals surface area contributed by atoms with Crippen LogP contribution in [-0.4, -0.2) is 24.6 Å². The van der Waals surface area contributed by atoms with E-state index in [1.807, 2.05) is 30.3 Å². The number of nitrogens with one attached hydrogen (secondary N) is 1. The SMILES string of the molecule is NCCCCC(NC(=O)OCc1ccccc1)C(N)=O. The number of hydrogen-bond acceptors (Lipinski definition) is 4. The van der Waals surface area contributed by atoms with E-state index in [1.54, 1.807) is 0 Å². The lowest BCUT2D eigenvalue weighted by Crippen LogP contribution is -2.44. The van der Waals surface area contributed by atoms with E-state index in [0.29, 0.717) is 13.0 Å². The number of alkyl carbamates (subject to hydrolysis) is 1. The summed E-state index contributed by atoms with van der Waals surface area (Å²) in [5.74, 6) is -0.571. The van der Waals surface area contributed by atoms with Gasteiger partial charge in [-0.15, -0.1) is 0 Å². The molecule has 1 aromatic rings. The zero-order chi connectivity index (χ0) is 14.8. The molecule has 0 aliphatic rings. The van der Waals surface area contributed by atoms with Gasteiger partial charge in [-0.3, -0.25) is 4.79 Å². The fourth-order valence-electron chi connectivity index (χ4n) is 1.69. The molecule has 0 radical (unpaired) electrons. The van der Waals surface area contributed by atoms with Crippen LogP contribution in [0.15, 0.2) is 30.3 Å². The zero-order valence-corrected chi connectivity index (χ0v) is 11.4. The highest BCUT2D eigenvalue weighted by atomic mass is 16.5. The van der Waals surface area contributed by atoms with Crippen molar-refractivity contribution >= 4 is 12.0 Å². The first-order valence-corrected chi connectivity index (χ1v) is 6.60. The second-order valence-corrected chi connectivity index (χ2v) is 4.45. The van der Waals surface area contributed by atoms with Crippen LogP contribution in [0, 0.1) is 0 Å². The molecule has 20 heavy (non-hydrogen) atoms. The fraction of sp³-hybridized carbons (Fsp3) is 0.429. The van der Waals surface area contributed by atoms with Crippen LogP contribution in [0.4, 0.5) is 4.79 Å². The van der Waals surface area contributed by atoms with Crippen molar-refractivity contribution in [3.8, 4) is 0 Å². The maximum Gasteiger partial charge on any atom is 0.408 e. The van der Waals surface area contributed by atoms with E-state index in [-0.39, 0.29) is 6.61 Å². The topological polar surface area (TPSA) is 107 Å². The Bertz CT molecular complexity index is 423. The number of benzene rings is 1. The lowest BCUT2D eigenvalue weighted by atomic mass is 10.1. The minimum Gasteiger partial charge on any atom is -0.445 e. The molecule has 0 heterocycles. The minimum absolute atomic E-state index is 0.154. The summed E-state index contributed by atoms with van der Waals surface area (Å²) in [5.41, 5.74) is 11.5. The molecular formula is C14H21N3O3. The molecule has 1 rings (SSSR count). The van der Waals surface area contributed by atoms with Crippen LogP contribution in [0.2, 0.25) is 0 Å². The summed E-state index contributed by atoms with van der Waals surface area (Å²) in [6.07, 6.45) is 1.33. The van der Waals surface area contributed by atoms with Crippen molar-refractivity contribution in [3.63, 3.8) is 0 Å². The average molecular weight is 279 g/mol. The number of nitrogens with two attached hydrogens (primary N) is 2. The first-order valence-electron chi connectivity index (χ1n) is 6.60. The van der Waals surface area contributed by atoms with Gasteiger partial charge in [0.15, 0.2) is 0 Å². The van der Waals surface area contributed by atoms with Gasteiger partial charge in [-0.05, 0) is 31.4 Å². The second kappa shape index (κ2) is 8.92. The molecule has 6 nitrogen and oxygen atoms in total. The Morgan fingerprint density at radius 1 is 1.20 bits per heavy atom. The van der Waals surface area contributed by atoms with Gasteiger partial charge in [0.2, 0.25) is 5.91 Å². The van der Waals surface area contributed by atoms with Crippen molar-refractivity contribution in [2.45, 2.75) is 31.9 Å². The molecule has 1 aromatic carbocycles. The normalized spacial score (nSPS) is 11.7. The molecule has 6 heteroatoms. The highest BCUT2D eigenvalue weighted by Gasteiger charge is 2.18. The molecule has 1 atom stereocenters. The molecule has 0 aromatic heterocycles. The first-order chi connectivity index (χ1) is 9.63. The average Bonchev–Trinajstić information content (AvgIpc) is 2.45. The molecule has 2 amide bonds. The number of rotatable bonds is 8. The number of unbranched alkanes of at least 4 members (excludes halogenated alkanes) is 1. The Hall–Kier alpha value is -2.08. The van der Waals surface area contributed by atoms with Crippen molar-refractivity contribution in [3.05, 3.63) is 35.9 Å². The van der Waals surface area contributed by atoms with Gasteiger partial charge in [-0.2, -0.15) is 0 Å². The van der Waals surface area contributed by atoms with Gasteiger partial charge in [-0.1, -0.05) is 30.3 Å². The zero-order valence-electron chi connectivity index (χ0n) is 11.4. The van der Waals surface area contributed by atoms with Crippen LogP contribution in [0.1, 0.15) is 24.8 Å². The third kappa shape index (κ3) is 6.19. The standard InChI is InChI=1S/C14H21N3O3/c15-9-5-4-8-12(13(16)18)17-14(19)20-10-11-6-2-1-3-7-11/h1-3,6-7,12H,4-5,8-10,15H2,(H2,16,18)(H,17,19). The maximum atomic E-state index is 11.6. The summed E-state index contributed by atoms with van der Waals surface area (Å²) >= 11 is 0. The molecular weight excluding hydrogens is 258 g/mol. The third-order valence-electron chi connectivity index (χ3n) is 2.80. The van der Waals surface area contributed by atoms with Crippen LogP contribution >= 0.6 is 0 Å². The number of hydrogen-bond donors (Lipinski definition) is 3. The van der Waals surface area contributed by atoms with Crippen LogP contribution in [-0.2, 0) is 16.1 Å². The highest BCUT2D eigenvalue weighted by Crippen LogP contribution is 2.03. The van der Waals surface area contributed by atoms with Crippen LogP contribution in [0.3, 0.4) is 0 Å². The maximum absolute atomic E-state index is 11.6. The fourth-order valence-corrected chi connectivity index (χ4v) is 1.69. The van der Waals surface area contributed by atoms with E-state index in [4.69, 9.17) is 16.2 Å². The molecule has 0 saturated heterocycles. The van der Waals surface area contributed by atoms with Crippen molar-refractivity contribution < 1.29 is 14.3 Å². The van der Waals surface area contributed by atoms with E-state index in [0.717, 1.165) is 18.4 Å². The van der Waals surface area contributed by atoms with E-state index in [1.165, 1.54) is 0 Å². The minimum atomic E-state index is -0.718. The Morgan fingerprint density at radius 2 is 1.90 bits per heavy atom. The number of primary amides is 1. The second-order valence-electron chi connectivity index (χ2n) is 4.45. The summed E-state index contributed by atoms with van der Waals surface area (Å²) in [5, 5.41) is 2.47. The summed E-state index contributed by atoms with van der Waals surface area (Å²) in [6.45, 7) is 0.699. The van der Waals surface area contributed by atoms with Crippen molar-refractivity contribution in [2.24, 2.45) is 11.5 Å². The Labute approximate surface area is 118 Å². The molecule has 0 spiro atoms. The van der Waals surface area contributed by atoms with Crippen LogP contribution < -0.4 is 16.8 Å². The van der Waals surface area contributed by atoms with Gasteiger partial charge in [0.1, 0.15) is 12.6 Å². The molecule has 0 fully saturated rings. The number of amides is 2. The van der Waals surface area contributed by atoms with E-state index in [9.17, 15) is 9.59 Å². The van der Waals surface area contributed by atoms with Gasteiger partial charge in [0.25, 0.3) is 0 Å². The van der Waals surface area contributed by atoms with Crippen LogP contribution in [0.5, 0.6) is 0 Å². The Morgan fingerprint density at radius 3 is 2.50 bits per heavy atom. The van der Waals surface area contributed by atoms with Gasteiger partial charge in [0, 0.05) is 0 Å². The number of ether oxygens (including phenoxy) is 1. The summed E-state index contributed by atoms with van der Waals surface area (Å²) < 4.78 is 5.03. The lowest BCUT2D eigenvalue weighted by molar-refractivity contribution is -0.120. The lowest BCUT2D eigenvalue weighted by Gasteiger charge is -2.15. The Kier molecular flexibility index (Phi) is 7.13. The molecule has 0 aliphatic carbocycles. The molecule has 0 aliphatic heterocycles. The molecule has 0 bridgehead atoms. The molecule has 110 valence electrons. The number of carbonyl (C=O) groups is 2. The van der Waals surface area contributed by atoms with Crippen molar-refractivity contribution in [1.29, 1.82) is 0 Å². The predicted molar refractivity (Wildman–Crippen MR) is 75.7 cm³/mol. The van der Waals surface area contributed by atoms with E-state index < -0.39 is 18.0 Å². The predicted octanol–water partition coefficient (Wildman–Crippen LogP) is 0.896. The van der Waals surface area contributed by atoms with E-state index in [2.05, 4.69) is 5.32 Å². The number of carbonyl (C=O) groups excluding carboxylic acids is 2. The van der Waals surface area contributed by atoms with Gasteiger partial charge >= 0.3 is 6.09 Å². The summed E-state index contributed by atoms with van der Waals surface area (Å²) in [7, 11) is 0. The summed E-state index contributed by atoms with van der Waals surface area (Å²) in [6, 6.07) is 8.57. The quantitative estimate of drug-likeness (QED) is 0.614. The smallest absolute Gasteiger partial charge is 0.408 e. The Balaban J connectivity index is 2.36. The highest BCUT2D eigenvalue weighted by molar-refractivity contribution is 5.84. The van der Waals surface area contributed by atoms with Gasteiger partial charge < -0.3 is 21.5 Å². The summed E-state index contributed by atoms with van der Waals surface area (Å²) in [4.78, 5) is 22.8. The third-order valence-corrected chi connectivity index (χ3v) is 2.80. The van der Waals surface area contributed by atoms with Gasteiger partial charge in [0.05, 0.1) is 0 Å². The molecule has 5 N–H and O–H groups in total. The van der Waals surface area contributed by atoms with Crippen molar-refractivity contribution in [2.75, 3.05) is 6.54 Å². The largest absolute Gasteiger partial charge is 0.445 e. The first kappa shape index (κ1) is 16.0.